The number of fused-ring (bicyclic) bond motifs is 7. The van der Waals surface area contributed by atoms with Crippen LogP contribution in [0.1, 0.15) is 85.5 Å². The molecule has 0 aromatic rings. The quantitative estimate of drug-likeness (QED) is 0.342. The molecule has 0 amide bonds. The second-order valence-corrected chi connectivity index (χ2v) is 13.4. The highest BCUT2D eigenvalue weighted by Gasteiger charge is 2.68. The van der Waals surface area contributed by atoms with Crippen molar-refractivity contribution in [1.82, 2.24) is 0 Å². The van der Waals surface area contributed by atoms with Crippen LogP contribution in [0, 0.1) is 46.3 Å². The molecule has 30 heavy (non-hydrogen) atoms. The SMILES string of the molecule is C[C@@H]1CC[C@@]2(OC1)O[C@H]1C[C@H]3[C@@H]4CC=C5C[C@@H](S)CC[C@]5(C)[C@H]4CC[C@]3(C)[C@H]1[C@@H]2C. The monoisotopic (exact) mass is 430 g/mol. The molecule has 3 saturated carbocycles. The number of thiol groups is 1. The molecule has 6 aliphatic rings. The second kappa shape index (κ2) is 6.76. The van der Waals surface area contributed by atoms with Gasteiger partial charge in [-0.05, 0) is 91.8 Å². The van der Waals surface area contributed by atoms with Gasteiger partial charge in [0, 0.05) is 17.6 Å². The summed E-state index contributed by atoms with van der Waals surface area (Å²) in [5.41, 5.74) is 2.63. The molecule has 0 radical (unpaired) electrons. The molecule has 2 heterocycles. The minimum atomic E-state index is -0.275. The number of ether oxygens (including phenoxy) is 2. The fourth-order valence-electron chi connectivity index (χ4n) is 9.66. The molecule has 168 valence electrons. The molecule has 3 heteroatoms. The van der Waals surface area contributed by atoms with Gasteiger partial charge in [-0.25, -0.2) is 0 Å². The maximum atomic E-state index is 6.91. The van der Waals surface area contributed by atoms with E-state index in [1.165, 1.54) is 51.4 Å². The molecule has 4 aliphatic carbocycles. The van der Waals surface area contributed by atoms with Crippen LogP contribution in [-0.2, 0) is 9.47 Å². The van der Waals surface area contributed by atoms with E-state index in [0.29, 0.717) is 39.9 Å². The van der Waals surface area contributed by atoms with Crippen molar-refractivity contribution >= 4 is 12.6 Å². The van der Waals surface area contributed by atoms with E-state index >= 15 is 0 Å². The maximum absolute atomic E-state index is 6.91. The molecule has 0 aromatic heterocycles. The summed E-state index contributed by atoms with van der Waals surface area (Å²) in [6.07, 6.45) is 14.7. The smallest absolute Gasteiger partial charge is 0.171 e. The summed E-state index contributed by atoms with van der Waals surface area (Å²) in [7, 11) is 0. The van der Waals surface area contributed by atoms with Gasteiger partial charge >= 0.3 is 0 Å². The van der Waals surface area contributed by atoms with Crippen molar-refractivity contribution < 1.29 is 9.47 Å². The zero-order chi connectivity index (χ0) is 20.9. The molecule has 0 N–H and O–H groups in total. The van der Waals surface area contributed by atoms with E-state index in [4.69, 9.17) is 22.1 Å². The highest BCUT2D eigenvalue weighted by molar-refractivity contribution is 7.80. The fraction of sp³-hybridized carbons (Fsp3) is 0.926. The molecular weight excluding hydrogens is 388 g/mol. The van der Waals surface area contributed by atoms with Crippen LogP contribution in [0.4, 0.5) is 0 Å². The lowest BCUT2D eigenvalue weighted by Gasteiger charge is -2.58. The first-order valence-corrected chi connectivity index (χ1v) is 13.5. The standard InChI is InChI=1S/C27H42O2S/c1-16-7-12-27(28-15-16)17(2)24-23(29-27)14-22-20-6-5-18-13-19(30)8-10-25(18,3)21(20)9-11-26(22,24)4/h5,16-17,19-24,30H,6-15H2,1-4H3/t16-,17+,19+,20-,21+,22+,23+,24+,25+,26+,27-/m1/s1. The normalized spacial score (nSPS) is 59.8. The Balaban J connectivity index is 1.28. The predicted molar refractivity (Wildman–Crippen MR) is 124 cm³/mol. The minimum absolute atomic E-state index is 0.275. The number of allylic oxidation sites excluding steroid dienone is 2. The summed E-state index contributed by atoms with van der Waals surface area (Å²) in [6.45, 7) is 10.9. The Bertz CT molecular complexity index is 739. The predicted octanol–water partition coefficient (Wildman–Crippen LogP) is 6.65. The average molecular weight is 431 g/mol. The van der Waals surface area contributed by atoms with Gasteiger partial charge in [-0.2, -0.15) is 12.6 Å². The van der Waals surface area contributed by atoms with Crippen molar-refractivity contribution in [2.45, 2.75) is 103 Å². The van der Waals surface area contributed by atoms with Gasteiger partial charge in [0.15, 0.2) is 5.79 Å². The lowest BCUT2D eigenvalue weighted by Crippen LogP contribution is -2.52. The van der Waals surface area contributed by atoms with Gasteiger partial charge in [-0.1, -0.05) is 39.3 Å². The highest BCUT2D eigenvalue weighted by Crippen LogP contribution is 2.70. The van der Waals surface area contributed by atoms with Crippen LogP contribution in [0.3, 0.4) is 0 Å². The Labute approximate surface area is 189 Å². The Kier molecular flexibility index (Phi) is 4.65. The van der Waals surface area contributed by atoms with Crippen LogP contribution in [0.2, 0.25) is 0 Å². The number of rotatable bonds is 0. The molecule has 6 rings (SSSR count). The van der Waals surface area contributed by atoms with Crippen molar-refractivity contribution in [3.8, 4) is 0 Å². The molecule has 0 bridgehead atoms. The summed E-state index contributed by atoms with van der Waals surface area (Å²) in [4.78, 5) is 0. The zero-order valence-electron chi connectivity index (χ0n) is 19.5. The van der Waals surface area contributed by atoms with E-state index < -0.39 is 0 Å². The summed E-state index contributed by atoms with van der Waals surface area (Å²) in [5.74, 6) is 4.20. The van der Waals surface area contributed by atoms with E-state index in [1.807, 2.05) is 0 Å². The third-order valence-electron chi connectivity index (χ3n) is 11.3. The van der Waals surface area contributed by atoms with Gasteiger partial charge in [-0.15, -0.1) is 0 Å². The summed E-state index contributed by atoms with van der Waals surface area (Å²) in [6, 6.07) is 0. The van der Waals surface area contributed by atoms with Gasteiger partial charge in [0.2, 0.25) is 0 Å². The minimum Gasteiger partial charge on any atom is -0.349 e. The molecule has 2 nitrogen and oxygen atoms in total. The van der Waals surface area contributed by atoms with Gasteiger partial charge < -0.3 is 9.47 Å². The number of hydrogen-bond acceptors (Lipinski definition) is 3. The fourth-order valence-corrected chi connectivity index (χ4v) is 9.98. The van der Waals surface area contributed by atoms with Crippen LogP contribution in [0.5, 0.6) is 0 Å². The van der Waals surface area contributed by atoms with E-state index in [2.05, 4.69) is 33.8 Å². The third kappa shape index (κ3) is 2.64. The van der Waals surface area contributed by atoms with Crippen molar-refractivity contribution in [2.24, 2.45) is 46.3 Å². The van der Waals surface area contributed by atoms with Crippen LogP contribution in [-0.4, -0.2) is 23.7 Å². The van der Waals surface area contributed by atoms with Gasteiger partial charge in [0.05, 0.1) is 12.7 Å². The lowest BCUT2D eigenvalue weighted by molar-refractivity contribution is -0.272. The maximum Gasteiger partial charge on any atom is 0.171 e. The Morgan fingerprint density at radius 2 is 1.87 bits per heavy atom. The van der Waals surface area contributed by atoms with Gasteiger partial charge in [0.1, 0.15) is 0 Å². The summed E-state index contributed by atoms with van der Waals surface area (Å²) >= 11 is 4.84. The largest absolute Gasteiger partial charge is 0.349 e. The van der Waals surface area contributed by atoms with Crippen molar-refractivity contribution in [1.29, 1.82) is 0 Å². The highest BCUT2D eigenvalue weighted by atomic mass is 32.1. The average Bonchev–Trinajstić information content (AvgIpc) is 3.16. The topological polar surface area (TPSA) is 18.5 Å². The molecule has 11 atom stereocenters. The van der Waals surface area contributed by atoms with Gasteiger partial charge in [-0.3, -0.25) is 0 Å². The summed E-state index contributed by atoms with van der Waals surface area (Å²) in [5, 5.41) is 0.587. The van der Waals surface area contributed by atoms with E-state index in [0.717, 1.165) is 30.8 Å². The van der Waals surface area contributed by atoms with Crippen molar-refractivity contribution in [3.05, 3.63) is 11.6 Å². The second-order valence-electron chi connectivity index (χ2n) is 12.7. The Morgan fingerprint density at radius 1 is 1.03 bits per heavy atom. The molecular formula is C27H42O2S. The molecule has 5 fully saturated rings. The molecule has 2 aliphatic heterocycles. The first-order valence-electron chi connectivity index (χ1n) is 13.0. The van der Waals surface area contributed by atoms with Crippen LogP contribution in [0.25, 0.3) is 0 Å². The molecule has 2 saturated heterocycles. The molecule has 1 spiro atoms. The number of hydrogen-bond donors (Lipinski definition) is 1. The first kappa shape index (κ1) is 20.6. The van der Waals surface area contributed by atoms with E-state index in [1.54, 1.807) is 5.57 Å². The van der Waals surface area contributed by atoms with Crippen molar-refractivity contribution in [3.63, 3.8) is 0 Å². The molecule has 0 aromatic carbocycles. The van der Waals surface area contributed by atoms with Crippen LogP contribution < -0.4 is 0 Å². The van der Waals surface area contributed by atoms with Crippen LogP contribution >= 0.6 is 12.6 Å². The lowest BCUT2D eigenvalue weighted by atomic mass is 9.47. The van der Waals surface area contributed by atoms with E-state index in [9.17, 15) is 0 Å². The Hall–Kier alpha value is 0.01000. The summed E-state index contributed by atoms with van der Waals surface area (Å²) < 4.78 is 13.4. The third-order valence-corrected chi connectivity index (χ3v) is 11.8. The first-order chi connectivity index (χ1) is 14.3. The van der Waals surface area contributed by atoms with E-state index in [-0.39, 0.29) is 5.79 Å². The zero-order valence-corrected chi connectivity index (χ0v) is 20.4. The van der Waals surface area contributed by atoms with Crippen molar-refractivity contribution in [2.75, 3.05) is 6.61 Å². The Morgan fingerprint density at radius 3 is 2.63 bits per heavy atom. The van der Waals surface area contributed by atoms with Crippen LogP contribution in [0.15, 0.2) is 11.6 Å². The van der Waals surface area contributed by atoms with Gasteiger partial charge in [0.25, 0.3) is 0 Å². The molecule has 0 unspecified atom stereocenters.